The maximum absolute atomic E-state index is 12.5. The predicted octanol–water partition coefficient (Wildman–Crippen LogP) is 0.0369. The molecule has 8 nitrogen and oxygen atoms in total. The van der Waals surface area contributed by atoms with Gasteiger partial charge in [-0.1, -0.05) is 0 Å². The highest BCUT2D eigenvalue weighted by Crippen LogP contribution is 2.33. The van der Waals surface area contributed by atoms with E-state index in [1.807, 2.05) is 12.1 Å². The minimum absolute atomic E-state index is 0.394. The van der Waals surface area contributed by atoms with Crippen molar-refractivity contribution in [1.29, 1.82) is 0 Å². The standard InChI is InChI=1S/C19H27N3O5/c1-25-16-11-14-3-5-22(13-15(14)12-17(16)26-2)19(24)18(23)20-4-6-21-7-9-27-10-8-21/h11-12H,3-10,13H2,1-2H3,(H,20,23). The first kappa shape index (κ1) is 19.4. The molecule has 2 aliphatic rings. The lowest BCUT2D eigenvalue weighted by Gasteiger charge is -2.29. The number of ether oxygens (including phenoxy) is 3. The van der Waals surface area contributed by atoms with Crippen molar-refractivity contribution in [1.82, 2.24) is 15.1 Å². The summed E-state index contributed by atoms with van der Waals surface area (Å²) in [5.41, 5.74) is 2.10. The van der Waals surface area contributed by atoms with Crippen LogP contribution in [0.25, 0.3) is 0 Å². The molecule has 0 atom stereocenters. The first-order valence-corrected chi connectivity index (χ1v) is 9.23. The normalized spacial score (nSPS) is 17.2. The van der Waals surface area contributed by atoms with Gasteiger partial charge < -0.3 is 24.4 Å². The van der Waals surface area contributed by atoms with Crippen molar-refractivity contribution in [3.05, 3.63) is 23.3 Å². The number of hydrogen-bond donors (Lipinski definition) is 1. The summed E-state index contributed by atoms with van der Waals surface area (Å²) in [6.07, 6.45) is 0.683. The number of benzene rings is 1. The van der Waals surface area contributed by atoms with E-state index in [9.17, 15) is 9.59 Å². The zero-order chi connectivity index (χ0) is 19.2. The van der Waals surface area contributed by atoms with E-state index in [0.717, 1.165) is 30.8 Å². The Morgan fingerprint density at radius 3 is 2.41 bits per heavy atom. The molecule has 148 valence electrons. The summed E-state index contributed by atoms with van der Waals surface area (Å²) in [6.45, 7) is 5.24. The van der Waals surface area contributed by atoms with Crippen LogP contribution in [-0.2, 0) is 27.3 Å². The molecule has 2 heterocycles. The van der Waals surface area contributed by atoms with Crippen LogP contribution < -0.4 is 14.8 Å². The molecule has 0 aromatic heterocycles. The third-order valence-corrected chi connectivity index (χ3v) is 5.02. The highest BCUT2D eigenvalue weighted by molar-refractivity contribution is 6.35. The third kappa shape index (κ3) is 4.70. The molecule has 27 heavy (non-hydrogen) atoms. The monoisotopic (exact) mass is 377 g/mol. The topological polar surface area (TPSA) is 80.3 Å². The van der Waals surface area contributed by atoms with Crippen LogP contribution in [0.1, 0.15) is 11.1 Å². The van der Waals surface area contributed by atoms with Crippen LogP contribution in [0, 0.1) is 0 Å². The first-order valence-electron chi connectivity index (χ1n) is 9.23. The van der Waals surface area contributed by atoms with E-state index in [4.69, 9.17) is 14.2 Å². The molecule has 1 aromatic carbocycles. The average molecular weight is 377 g/mol. The Kier molecular flexibility index (Phi) is 6.52. The maximum Gasteiger partial charge on any atom is 0.312 e. The Morgan fingerprint density at radius 1 is 1.07 bits per heavy atom. The molecule has 1 fully saturated rings. The molecule has 0 spiro atoms. The number of carbonyl (C=O) groups excluding carboxylic acids is 2. The van der Waals surface area contributed by atoms with Crippen LogP contribution in [0.15, 0.2) is 12.1 Å². The lowest BCUT2D eigenvalue weighted by Crippen LogP contribution is -2.47. The van der Waals surface area contributed by atoms with Gasteiger partial charge in [-0.25, -0.2) is 0 Å². The van der Waals surface area contributed by atoms with Gasteiger partial charge in [0.2, 0.25) is 0 Å². The molecule has 1 N–H and O–H groups in total. The molecular weight excluding hydrogens is 350 g/mol. The second-order valence-corrected chi connectivity index (χ2v) is 6.66. The van der Waals surface area contributed by atoms with Crippen LogP contribution in [0.3, 0.4) is 0 Å². The van der Waals surface area contributed by atoms with E-state index >= 15 is 0 Å². The number of nitrogens with zero attached hydrogens (tertiary/aromatic N) is 2. The minimum atomic E-state index is -0.549. The number of methoxy groups -OCH3 is 2. The zero-order valence-corrected chi connectivity index (χ0v) is 16.0. The number of hydrogen-bond acceptors (Lipinski definition) is 6. The van der Waals surface area contributed by atoms with Crippen LogP contribution in [0.2, 0.25) is 0 Å². The summed E-state index contributed by atoms with van der Waals surface area (Å²) < 4.78 is 16.0. The van der Waals surface area contributed by atoms with Crippen molar-refractivity contribution in [3.63, 3.8) is 0 Å². The van der Waals surface area contributed by atoms with Crippen molar-refractivity contribution in [2.45, 2.75) is 13.0 Å². The molecule has 1 aromatic rings. The van der Waals surface area contributed by atoms with Crippen LogP contribution in [0.5, 0.6) is 11.5 Å². The van der Waals surface area contributed by atoms with Crippen molar-refractivity contribution < 1.29 is 23.8 Å². The fourth-order valence-electron chi connectivity index (χ4n) is 3.43. The number of carbonyl (C=O) groups is 2. The molecule has 0 radical (unpaired) electrons. The zero-order valence-electron chi connectivity index (χ0n) is 16.0. The fourth-order valence-corrected chi connectivity index (χ4v) is 3.43. The molecule has 0 bridgehead atoms. The lowest BCUT2D eigenvalue weighted by molar-refractivity contribution is -0.146. The molecule has 0 saturated carbocycles. The number of rotatable bonds is 5. The van der Waals surface area contributed by atoms with E-state index in [2.05, 4.69) is 10.2 Å². The highest BCUT2D eigenvalue weighted by atomic mass is 16.5. The van der Waals surface area contributed by atoms with E-state index in [1.54, 1.807) is 19.1 Å². The summed E-state index contributed by atoms with van der Waals surface area (Å²) in [5, 5.41) is 2.73. The number of amides is 2. The second kappa shape index (κ2) is 9.05. The Morgan fingerprint density at radius 2 is 1.74 bits per heavy atom. The van der Waals surface area contributed by atoms with Gasteiger partial charge in [-0.3, -0.25) is 14.5 Å². The Balaban J connectivity index is 1.54. The van der Waals surface area contributed by atoms with Crippen LogP contribution in [-0.4, -0.2) is 81.8 Å². The number of morpholine rings is 1. The molecule has 0 unspecified atom stereocenters. The van der Waals surface area contributed by atoms with Crippen molar-refractivity contribution in [2.24, 2.45) is 0 Å². The minimum Gasteiger partial charge on any atom is -0.493 e. The van der Waals surface area contributed by atoms with Gasteiger partial charge in [0.15, 0.2) is 11.5 Å². The Bertz CT molecular complexity index is 688. The van der Waals surface area contributed by atoms with Gasteiger partial charge in [-0.2, -0.15) is 0 Å². The maximum atomic E-state index is 12.5. The molecule has 0 aliphatic carbocycles. The molecule has 3 rings (SSSR count). The van der Waals surface area contributed by atoms with Gasteiger partial charge in [0.25, 0.3) is 0 Å². The summed E-state index contributed by atoms with van der Waals surface area (Å²) in [4.78, 5) is 28.5. The summed E-state index contributed by atoms with van der Waals surface area (Å²) in [7, 11) is 3.18. The van der Waals surface area contributed by atoms with E-state index < -0.39 is 11.8 Å². The molecule has 2 amide bonds. The fraction of sp³-hybridized carbons (Fsp3) is 0.579. The van der Waals surface area contributed by atoms with Crippen molar-refractivity contribution in [2.75, 3.05) is 60.2 Å². The van der Waals surface area contributed by atoms with Crippen molar-refractivity contribution in [3.8, 4) is 11.5 Å². The van der Waals surface area contributed by atoms with Gasteiger partial charge >= 0.3 is 11.8 Å². The van der Waals surface area contributed by atoms with E-state index in [0.29, 0.717) is 50.8 Å². The molecule has 1 saturated heterocycles. The number of fused-ring (bicyclic) bond motifs is 1. The van der Waals surface area contributed by atoms with Gasteiger partial charge in [-0.05, 0) is 29.7 Å². The van der Waals surface area contributed by atoms with Gasteiger partial charge in [0.1, 0.15) is 0 Å². The SMILES string of the molecule is COc1cc2c(cc1OC)CN(C(=O)C(=O)NCCN1CCOCC1)CC2. The average Bonchev–Trinajstić information content (AvgIpc) is 2.72. The van der Waals surface area contributed by atoms with Crippen LogP contribution >= 0.6 is 0 Å². The number of nitrogens with one attached hydrogen (secondary N) is 1. The summed E-state index contributed by atoms with van der Waals surface area (Å²) in [6, 6.07) is 3.82. The smallest absolute Gasteiger partial charge is 0.312 e. The molecular formula is C19H27N3O5. The van der Waals surface area contributed by atoms with Crippen molar-refractivity contribution >= 4 is 11.8 Å². The second-order valence-electron chi connectivity index (χ2n) is 6.66. The van der Waals surface area contributed by atoms with Crippen LogP contribution in [0.4, 0.5) is 0 Å². The van der Waals surface area contributed by atoms with E-state index in [1.165, 1.54) is 0 Å². The Labute approximate surface area is 159 Å². The quantitative estimate of drug-likeness (QED) is 0.730. The van der Waals surface area contributed by atoms with Gasteiger partial charge in [0, 0.05) is 39.3 Å². The lowest BCUT2D eigenvalue weighted by atomic mass is 9.98. The largest absolute Gasteiger partial charge is 0.493 e. The van der Waals surface area contributed by atoms with E-state index in [-0.39, 0.29) is 0 Å². The molecule has 8 heteroatoms. The Hall–Kier alpha value is -2.32. The predicted molar refractivity (Wildman–Crippen MR) is 98.9 cm³/mol. The van der Waals surface area contributed by atoms with Gasteiger partial charge in [0.05, 0.1) is 27.4 Å². The van der Waals surface area contributed by atoms with Gasteiger partial charge in [-0.15, -0.1) is 0 Å². The third-order valence-electron chi connectivity index (χ3n) is 5.02. The first-order chi connectivity index (χ1) is 13.1. The summed E-state index contributed by atoms with van der Waals surface area (Å²) in [5.74, 6) is 0.266. The summed E-state index contributed by atoms with van der Waals surface area (Å²) >= 11 is 0. The highest BCUT2D eigenvalue weighted by Gasteiger charge is 2.27. The molecule has 2 aliphatic heterocycles.